The molecule has 1 N–H and O–H groups in total. The summed E-state index contributed by atoms with van der Waals surface area (Å²) < 4.78 is 42.3. The molecule has 0 saturated heterocycles. The van der Waals surface area contributed by atoms with E-state index in [1.165, 1.54) is 7.05 Å². The normalized spacial score (nSPS) is 11.7. The predicted molar refractivity (Wildman–Crippen MR) is 124 cm³/mol. The first-order chi connectivity index (χ1) is 16.0. The van der Waals surface area contributed by atoms with Crippen molar-refractivity contribution in [3.05, 3.63) is 96.9 Å². The van der Waals surface area contributed by atoms with Crippen LogP contribution in [-0.2, 0) is 13.6 Å². The zero-order valence-corrected chi connectivity index (χ0v) is 18.6. The van der Waals surface area contributed by atoms with Crippen LogP contribution in [0.2, 0.25) is 0 Å². The lowest BCUT2D eigenvalue weighted by Gasteiger charge is -2.20. The van der Waals surface area contributed by atoms with Crippen LogP contribution in [0.5, 0.6) is 0 Å². The van der Waals surface area contributed by atoms with Gasteiger partial charge in [0, 0.05) is 18.8 Å². The Morgan fingerprint density at radius 1 is 0.941 bits per heavy atom. The highest BCUT2D eigenvalue weighted by molar-refractivity contribution is 5.91. The zero-order valence-electron chi connectivity index (χ0n) is 18.6. The predicted octanol–water partition coefficient (Wildman–Crippen LogP) is 3.77. The second kappa shape index (κ2) is 8.36. The van der Waals surface area contributed by atoms with Crippen molar-refractivity contribution < 1.29 is 13.2 Å². The first kappa shape index (κ1) is 23.1. The zero-order chi connectivity index (χ0) is 24.8. The van der Waals surface area contributed by atoms with Gasteiger partial charge in [0.25, 0.3) is 11.1 Å². The third kappa shape index (κ3) is 4.14. The summed E-state index contributed by atoms with van der Waals surface area (Å²) in [5.74, 6) is 0. The van der Waals surface area contributed by atoms with Crippen molar-refractivity contribution in [2.75, 3.05) is 5.32 Å². The van der Waals surface area contributed by atoms with E-state index in [0.717, 1.165) is 20.8 Å². The summed E-state index contributed by atoms with van der Waals surface area (Å²) >= 11 is 0. The molecule has 0 atom stereocenters. The SMILES string of the molecule is Cc1ccc(Nc2cc(=O)n(C)c3c2c(=O)n(CC(F)(F)F)c(=O)n3-c2ccccc2C)cc1. The number of rotatable bonds is 4. The number of halogens is 3. The van der Waals surface area contributed by atoms with E-state index in [9.17, 15) is 27.6 Å². The van der Waals surface area contributed by atoms with Gasteiger partial charge < -0.3 is 5.32 Å². The Morgan fingerprint density at radius 3 is 2.21 bits per heavy atom. The highest BCUT2D eigenvalue weighted by Gasteiger charge is 2.32. The van der Waals surface area contributed by atoms with Crippen molar-refractivity contribution in [1.29, 1.82) is 0 Å². The fraction of sp³-hybridized carbons (Fsp3) is 0.208. The number of anilines is 2. The number of nitrogens with zero attached hydrogens (tertiary/aromatic N) is 3. The number of aryl methyl sites for hydroxylation is 3. The third-order valence-corrected chi connectivity index (χ3v) is 5.53. The van der Waals surface area contributed by atoms with E-state index in [4.69, 9.17) is 0 Å². The number of hydrogen-bond donors (Lipinski definition) is 1. The van der Waals surface area contributed by atoms with Crippen LogP contribution in [0.1, 0.15) is 11.1 Å². The highest BCUT2D eigenvalue weighted by Crippen LogP contribution is 2.25. The lowest BCUT2D eigenvalue weighted by atomic mass is 10.1. The molecule has 10 heteroatoms. The number of fused-ring (bicyclic) bond motifs is 1. The molecule has 7 nitrogen and oxygen atoms in total. The molecule has 176 valence electrons. The smallest absolute Gasteiger partial charge is 0.355 e. The van der Waals surface area contributed by atoms with Gasteiger partial charge in [0.05, 0.1) is 11.4 Å². The fourth-order valence-electron chi connectivity index (χ4n) is 3.83. The maximum atomic E-state index is 13.4. The Morgan fingerprint density at radius 2 is 1.59 bits per heavy atom. The summed E-state index contributed by atoms with van der Waals surface area (Å²) in [7, 11) is 1.36. The Hall–Kier alpha value is -4.08. The average Bonchev–Trinajstić information content (AvgIpc) is 2.76. The molecule has 0 spiro atoms. The lowest BCUT2D eigenvalue weighted by Crippen LogP contribution is -2.44. The van der Waals surface area contributed by atoms with Crippen LogP contribution in [0, 0.1) is 13.8 Å². The molecule has 4 rings (SSSR count). The maximum absolute atomic E-state index is 13.4. The average molecular weight is 470 g/mol. The molecular formula is C24H21F3N4O3. The van der Waals surface area contributed by atoms with Crippen molar-refractivity contribution in [1.82, 2.24) is 13.7 Å². The molecule has 0 aliphatic heterocycles. The van der Waals surface area contributed by atoms with Gasteiger partial charge in [-0.05, 0) is 37.6 Å². The summed E-state index contributed by atoms with van der Waals surface area (Å²) in [5, 5.41) is 2.75. The minimum Gasteiger partial charge on any atom is -0.355 e. The molecule has 34 heavy (non-hydrogen) atoms. The van der Waals surface area contributed by atoms with Crippen LogP contribution in [-0.4, -0.2) is 19.9 Å². The molecule has 0 radical (unpaired) electrons. The van der Waals surface area contributed by atoms with Crippen molar-refractivity contribution in [2.24, 2.45) is 7.05 Å². The largest absolute Gasteiger partial charge is 0.406 e. The molecule has 2 aromatic carbocycles. The van der Waals surface area contributed by atoms with Crippen molar-refractivity contribution in [3.8, 4) is 5.69 Å². The minimum absolute atomic E-state index is 0.00483. The summed E-state index contributed by atoms with van der Waals surface area (Å²) in [4.78, 5) is 39.4. The minimum atomic E-state index is -4.81. The second-order valence-corrected chi connectivity index (χ2v) is 8.06. The van der Waals surface area contributed by atoms with Gasteiger partial charge in [-0.1, -0.05) is 35.9 Å². The Kier molecular flexibility index (Phi) is 5.68. The van der Waals surface area contributed by atoms with Crippen molar-refractivity contribution in [3.63, 3.8) is 0 Å². The van der Waals surface area contributed by atoms with E-state index in [1.807, 2.05) is 6.92 Å². The van der Waals surface area contributed by atoms with Crippen LogP contribution >= 0.6 is 0 Å². The first-order valence-corrected chi connectivity index (χ1v) is 10.3. The van der Waals surface area contributed by atoms with Crippen LogP contribution < -0.4 is 22.1 Å². The molecule has 0 amide bonds. The molecule has 0 aliphatic carbocycles. The maximum Gasteiger partial charge on any atom is 0.406 e. The molecule has 0 saturated carbocycles. The molecule has 2 aromatic heterocycles. The van der Waals surface area contributed by atoms with E-state index >= 15 is 0 Å². The number of aromatic nitrogens is 3. The van der Waals surface area contributed by atoms with E-state index in [1.54, 1.807) is 55.5 Å². The van der Waals surface area contributed by atoms with Crippen LogP contribution in [0.3, 0.4) is 0 Å². The van der Waals surface area contributed by atoms with Crippen molar-refractivity contribution >= 4 is 22.4 Å². The van der Waals surface area contributed by atoms with E-state index in [2.05, 4.69) is 5.32 Å². The Labute approximate surface area is 191 Å². The summed E-state index contributed by atoms with van der Waals surface area (Å²) in [5.41, 5.74) is -0.648. The van der Waals surface area contributed by atoms with Crippen LogP contribution in [0.25, 0.3) is 16.7 Å². The van der Waals surface area contributed by atoms with E-state index < -0.39 is 29.5 Å². The van der Waals surface area contributed by atoms with E-state index in [0.29, 0.717) is 11.3 Å². The van der Waals surface area contributed by atoms with E-state index in [-0.39, 0.29) is 27.0 Å². The number of nitrogens with one attached hydrogen (secondary N) is 1. The molecule has 0 unspecified atom stereocenters. The first-order valence-electron chi connectivity index (χ1n) is 10.3. The van der Waals surface area contributed by atoms with Crippen LogP contribution in [0.15, 0.2) is 69.0 Å². The summed E-state index contributed by atoms with van der Waals surface area (Å²) in [6.45, 7) is 1.80. The second-order valence-electron chi connectivity index (χ2n) is 8.06. The molecule has 0 aliphatic rings. The van der Waals surface area contributed by atoms with Gasteiger partial charge >= 0.3 is 11.9 Å². The topological polar surface area (TPSA) is 78.0 Å². The van der Waals surface area contributed by atoms with Gasteiger partial charge in [-0.15, -0.1) is 0 Å². The summed E-state index contributed by atoms with van der Waals surface area (Å²) in [6.07, 6.45) is -4.81. The summed E-state index contributed by atoms with van der Waals surface area (Å²) in [6, 6.07) is 14.7. The van der Waals surface area contributed by atoms with Gasteiger partial charge in [-0.3, -0.25) is 18.7 Å². The monoisotopic (exact) mass is 470 g/mol. The molecule has 2 heterocycles. The highest BCUT2D eigenvalue weighted by atomic mass is 19.4. The number of para-hydroxylation sites is 1. The number of alkyl halides is 3. The number of benzene rings is 2. The van der Waals surface area contributed by atoms with Gasteiger partial charge in [-0.25, -0.2) is 9.36 Å². The van der Waals surface area contributed by atoms with Gasteiger partial charge in [0.1, 0.15) is 17.6 Å². The molecule has 0 fully saturated rings. The quantitative estimate of drug-likeness (QED) is 0.493. The fourth-order valence-corrected chi connectivity index (χ4v) is 3.83. The molecular weight excluding hydrogens is 449 g/mol. The molecule has 0 bridgehead atoms. The van der Waals surface area contributed by atoms with Gasteiger partial charge in [0.15, 0.2) is 0 Å². The third-order valence-electron chi connectivity index (χ3n) is 5.53. The lowest BCUT2D eigenvalue weighted by molar-refractivity contribution is -0.141. The van der Waals surface area contributed by atoms with Gasteiger partial charge in [0.2, 0.25) is 0 Å². The van der Waals surface area contributed by atoms with Crippen molar-refractivity contribution in [2.45, 2.75) is 26.6 Å². The number of pyridine rings is 1. The number of hydrogen-bond acceptors (Lipinski definition) is 4. The Balaban J connectivity index is 2.18. The Bertz CT molecular complexity index is 1580. The standard InChI is InChI=1S/C24H21F3N4O3/c1-14-8-10-16(11-9-14)28-17-12-19(32)29(3)21-20(17)22(33)30(13-24(25,26)27)23(34)31(21)18-7-5-4-6-15(18)2/h4-12,28H,13H2,1-3H3. The van der Waals surface area contributed by atoms with Crippen LogP contribution in [0.4, 0.5) is 24.5 Å². The van der Waals surface area contributed by atoms with Gasteiger partial charge in [-0.2, -0.15) is 13.2 Å². The molecule has 4 aromatic rings.